The molecule has 1 heterocycles. The molecular weight excluding hydrogens is 206 g/mol. The lowest BCUT2D eigenvalue weighted by Crippen LogP contribution is -1.91. The summed E-state index contributed by atoms with van der Waals surface area (Å²) in [5.41, 5.74) is 7.76. The molecule has 0 radical (unpaired) electrons. The van der Waals surface area contributed by atoms with Crippen LogP contribution in [0.15, 0.2) is 41.8 Å². The summed E-state index contributed by atoms with van der Waals surface area (Å²) in [5.74, 6) is 0. The third kappa shape index (κ3) is 2.53. The number of hydrogen-bond donors (Lipinski definition) is 2. The van der Waals surface area contributed by atoms with Gasteiger partial charge in [0.2, 0.25) is 0 Å². The standard InChI is InChI=1S/C11H13N3S/c1-8(15-11-13-5-6-14-11)9-3-2-4-10(12)7-9/h2-8H,12H2,1H3,(H,13,14). The molecule has 0 spiro atoms. The quantitative estimate of drug-likeness (QED) is 0.616. The summed E-state index contributed by atoms with van der Waals surface area (Å²) in [6.07, 6.45) is 3.59. The molecule has 1 unspecified atom stereocenters. The predicted molar refractivity (Wildman–Crippen MR) is 63.7 cm³/mol. The van der Waals surface area contributed by atoms with Crippen LogP contribution in [-0.4, -0.2) is 9.97 Å². The van der Waals surface area contributed by atoms with E-state index in [9.17, 15) is 0 Å². The third-order valence-corrected chi connectivity index (χ3v) is 3.21. The van der Waals surface area contributed by atoms with Gasteiger partial charge < -0.3 is 10.7 Å². The van der Waals surface area contributed by atoms with E-state index in [1.165, 1.54) is 5.56 Å². The molecule has 0 fully saturated rings. The van der Waals surface area contributed by atoms with Gasteiger partial charge in [0.15, 0.2) is 5.16 Å². The smallest absolute Gasteiger partial charge is 0.165 e. The van der Waals surface area contributed by atoms with Crippen molar-refractivity contribution < 1.29 is 0 Å². The number of nitrogens with zero attached hydrogens (tertiary/aromatic N) is 1. The minimum atomic E-state index is 0.347. The van der Waals surface area contributed by atoms with E-state index in [0.717, 1.165) is 10.8 Å². The zero-order valence-corrected chi connectivity index (χ0v) is 9.29. The van der Waals surface area contributed by atoms with Gasteiger partial charge in [0.05, 0.1) is 0 Å². The largest absolute Gasteiger partial charge is 0.399 e. The van der Waals surface area contributed by atoms with Crippen LogP contribution in [-0.2, 0) is 0 Å². The number of aromatic nitrogens is 2. The summed E-state index contributed by atoms with van der Waals surface area (Å²) < 4.78 is 0. The lowest BCUT2D eigenvalue weighted by molar-refractivity contribution is 1.02. The van der Waals surface area contributed by atoms with Gasteiger partial charge in [0.25, 0.3) is 0 Å². The first-order chi connectivity index (χ1) is 7.25. The highest BCUT2D eigenvalue weighted by Gasteiger charge is 2.08. The molecular formula is C11H13N3S. The van der Waals surface area contributed by atoms with Crippen LogP contribution in [0.2, 0.25) is 0 Å². The van der Waals surface area contributed by atoms with Gasteiger partial charge in [-0.15, -0.1) is 0 Å². The number of aromatic amines is 1. The second-order valence-corrected chi connectivity index (χ2v) is 4.65. The molecule has 3 nitrogen and oxygen atoms in total. The van der Waals surface area contributed by atoms with Gasteiger partial charge in [-0.05, 0) is 24.6 Å². The van der Waals surface area contributed by atoms with Gasteiger partial charge in [-0.2, -0.15) is 0 Å². The topological polar surface area (TPSA) is 54.7 Å². The summed E-state index contributed by atoms with van der Waals surface area (Å²) >= 11 is 1.69. The van der Waals surface area contributed by atoms with E-state index in [1.807, 2.05) is 24.4 Å². The first kappa shape index (κ1) is 10.1. The highest BCUT2D eigenvalue weighted by Crippen LogP contribution is 2.32. The highest BCUT2D eigenvalue weighted by atomic mass is 32.2. The van der Waals surface area contributed by atoms with E-state index >= 15 is 0 Å². The maximum Gasteiger partial charge on any atom is 0.165 e. The molecule has 0 amide bonds. The Bertz CT molecular complexity index is 425. The van der Waals surface area contributed by atoms with Gasteiger partial charge in [-0.1, -0.05) is 23.9 Å². The Labute approximate surface area is 93.1 Å². The Hall–Kier alpha value is -1.42. The first-order valence-corrected chi connectivity index (χ1v) is 5.65. The van der Waals surface area contributed by atoms with Crippen LogP contribution in [0.4, 0.5) is 5.69 Å². The first-order valence-electron chi connectivity index (χ1n) is 4.77. The van der Waals surface area contributed by atoms with Gasteiger partial charge in [-0.3, -0.25) is 0 Å². The van der Waals surface area contributed by atoms with Crippen LogP contribution >= 0.6 is 11.8 Å². The summed E-state index contributed by atoms with van der Waals surface area (Å²) in [7, 11) is 0. The normalized spacial score (nSPS) is 12.6. The van der Waals surface area contributed by atoms with Crippen molar-refractivity contribution in [3.8, 4) is 0 Å². The minimum Gasteiger partial charge on any atom is -0.399 e. The average Bonchev–Trinajstić information content (AvgIpc) is 2.70. The highest BCUT2D eigenvalue weighted by molar-refractivity contribution is 7.99. The molecule has 0 aliphatic heterocycles. The molecule has 0 bridgehead atoms. The van der Waals surface area contributed by atoms with Crippen LogP contribution in [0.25, 0.3) is 0 Å². The molecule has 1 aromatic heterocycles. The van der Waals surface area contributed by atoms with Crippen molar-refractivity contribution in [3.05, 3.63) is 42.2 Å². The number of benzene rings is 1. The van der Waals surface area contributed by atoms with Crippen molar-refractivity contribution in [1.82, 2.24) is 9.97 Å². The van der Waals surface area contributed by atoms with Crippen molar-refractivity contribution in [2.75, 3.05) is 5.73 Å². The molecule has 4 heteroatoms. The van der Waals surface area contributed by atoms with Crippen molar-refractivity contribution >= 4 is 17.4 Å². The zero-order chi connectivity index (χ0) is 10.7. The van der Waals surface area contributed by atoms with E-state index in [0.29, 0.717) is 5.25 Å². The number of thioether (sulfide) groups is 1. The van der Waals surface area contributed by atoms with Crippen molar-refractivity contribution in [2.45, 2.75) is 17.3 Å². The number of anilines is 1. The molecule has 2 rings (SSSR count). The number of rotatable bonds is 3. The Kier molecular flexibility index (Phi) is 2.97. The maximum absolute atomic E-state index is 5.74. The van der Waals surface area contributed by atoms with Crippen LogP contribution in [0.1, 0.15) is 17.7 Å². The molecule has 15 heavy (non-hydrogen) atoms. The summed E-state index contributed by atoms with van der Waals surface area (Å²) in [6.45, 7) is 2.14. The Balaban J connectivity index is 2.11. The van der Waals surface area contributed by atoms with Crippen molar-refractivity contribution in [1.29, 1.82) is 0 Å². The molecule has 1 atom stereocenters. The number of hydrogen-bond acceptors (Lipinski definition) is 3. The Morgan fingerprint density at radius 3 is 3.00 bits per heavy atom. The van der Waals surface area contributed by atoms with Crippen LogP contribution in [0.5, 0.6) is 0 Å². The van der Waals surface area contributed by atoms with Gasteiger partial charge in [0.1, 0.15) is 0 Å². The van der Waals surface area contributed by atoms with Crippen molar-refractivity contribution in [2.24, 2.45) is 0 Å². The van der Waals surface area contributed by atoms with E-state index in [-0.39, 0.29) is 0 Å². The molecule has 2 aromatic rings. The number of nitrogens with two attached hydrogens (primary N) is 1. The molecule has 78 valence electrons. The Morgan fingerprint density at radius 2 is 2.33 bits per heavy atom. The van der Waals surface area contributed by atoms with E-state index in [4.69, 9.17) is 5.73 Å². The van der Waals surface area contributed by atoms with Crippen molar-refractivity contribution in [3.63, 3.8) is 0 Å². The maximum atomic E-state index is 5.74. The third-order valence-electron chi connectivity index (χ3n) is 2.14. The molecule has 1 aromatic carbocycles. The van der Waals surface area contributed by atoms with Gasteiger partial charge >= 0.3 is 0 Å². The summed E-state index contributed by atoms with van der Waals surface area (Å²) in [6, 6.07) is 7.95. The fourth-order valence-electron chi connectivity index (χ4n) is 1.36. The monoisotopic (exact) mass is 219 g/mol. The molecule has 3 N–H and O–H groups in total. The predicted octanol–water partition coefficient (Wildman–Crippen LogP) is 2.85. The molecule has 0 aliphatic carbocycles. The second kappa shape index (κ2) is 4.40. The number of nitrogen functional groups attached to an aromatic ring is 1. The lowest BCUT2D eigenvalue weighted by atomic mass is 10.1. The minimum absolute atomic E-state index is 0.347. The fourth-order valence-corrected chi connectivity index (χ4v) is 2.24. The molecule has 0 aliphatic rings. The van der Waals surface area contributed by atoms with E-state index in [1.54, 1.807) is 18.0 Å². The number of imidazole rings is 1. The van der Waals surface area contributed by atoms with E-state index < -0.39 is 0 Å². The summed E-state index contributed by atoms with van der Waals surface area (Å²) in [5, 5.41) is 1.28. The number of H-pyrrole nitrogens is 1. The van der Waals surface area contributed by atoms with Crippen LogP contribution in [0.3, 0.4) is 0 Å². The zero-order valence-electron chi connectivity index (χ0n) is 8.47. The van der Waals surface area contributed by atoms with E-state index in [2.05, 4.69) is 23.0 Å². The van der Waals surface area contributed by atoms with Gasteiger partial charge in [0, 0.05) is 23.3 Å². The second-order valence-electron chi connectivity index (χ2n) is 3.32. The Morgan fingerprint density at radius 1 is 1.47 bits per heavy atom. The lowest BCUT2D eigenvalue weighted by Gasteiger charge is -2.09. The van der Waals surface area contributed by atoms with Gasteiger partial charge in [-0.25, -0.2) is 4.98 Å². The molecule has 0 saturated carbocycles. The summed E-state index contributed by atoms with van der Waals surface area (Å²) in [4.78, 5) is 7.25. The van der Waals surface area contributed by atoms with Crippen LogP contribution in [0, 0.1) is 0 Å². The fraction of sp³-hybridized carbons (Fsp3) is 0.182. The van der Waals surface area contributed by atoms with Crippen LogP contribution < -0.4 is 5.73 Å². The number of nitrogens with one attached hydrogen (secondary N) is 1. The molecule has 0 saturated heterocycles. The average molecular weight is 219 g/mol. The SMILES string of the molecule is CC(Sc1ncc[nH]1)c1cccc(N)c1.